The lowest BCUT2D eigenvalue weighted by Gasteiger charge is -1.99. The number of hydrogen-bond donors (Lipinski definition) is 2. The Balaban J connectivity index is 0.000000257. The van der Waals surface area contributed by atoms with Gasteiger partial charge >= 0.3 is 7.12 Å². The van der Waals surface area contributed by atoms with Crippen LogP contribution in [0.25, 0.3) is 11.4 Å². The normalized spacial score (nSPS) is 9.42. The minimum Gasteiger partial charge on any atom is -0.423 e. The quantitative estimate of drug-likeness (QED) is 0.257. The smallest absolute Gasteiger partial charge is 0.423 e. The van der Waals surface area contributed by atoms with Crippen molar-refractivity contribution in [3.8, 4) is 11.4 Å². The molecule has 2 aromatic heterocycles. The highest BCUT2D eigenvalue weighted by Gasteiger charge is 2.12. The SMILES string of the molecule is C.Clc1ncccn1.Fc1cc(F)cc(-c2ncccn2)c1.OB(O)c1cc(F)cc(F)c1. The fourth-order valence-electron chi connectivity index (χ4n) is 2.14. The molecular formula is C21H18BClF4N4O2. The highest BCUT2D eigenvalue weighted by molar-refractivity contribution is 6.58. The van der Waals surface area contributed by atoms with E-state index in [4.69, 9.17) is 21.6 Å². The van der Waals surface area contributed by atoms with Crippen LogP contribution in [0.1, 0.15) is 7.43 Å². The summed E-state index contributed by atoms with van der Waals surface area (Å²) >= 11 is 5.32. The molecule has 6 nitrogen and oxygen atoms in total. The number of benzene rings is 2. The molecular weight excluding hydrogens is 463 g/mol. The largest absolute Gasteiger partial charge is 0.488 e. The topological polar surface area (TPSA) is 92.0 Å². The summed E-state index contributed by atoms with van der Waals surface area (Å²) in [5.41, 5.74) is 0.144. The first-order chi connectivity index (χ1) is 15.2. The van der Waals surface area contributed by atoms with Gasteiger partial charge in [0.25, 0.3) is 0 Å². The third kappa shape index (κ3) is 10.2. The number of rotatable bonds is 2. The Bertz CT molecular complexity index is 1090. The molecule has 4 rings (SSSR count). The van der Waals surface area contributed by atoms with Crippen LogP contribution in [0.4, 0.5) is 17.6 Å². The number of nitrogens with zero attached hydrogens (tertiary/aromatic N) is 4. The molecule has 12 heteroatoms. The van der Waals surface area contributed by atoms with Gasteiger partial charge in [0, 0.05) is 42.5 Å². The molecule has 172 valence electrons. The first kappa shape index (κ1) is 27.6. The molecule has 0 fully saturated rings. The van der Waals surface area contributed by atoms with Crippen molar-refractivity contribution in [2.75, 3.05) is 0 Å². The number of halogens is 5. The van der Waals surface area contributed by atoms with Crippen LogP contribution < -0.4 is 5.46 Å². The Morgan fingerprint density at radius 2 is 1.03 bits per heavy atom. The zero-order valence-electron chi connectivity index (χ0n) is 16.1. The minimum absolute atomic E-state index is 0. The van der Waals surface area contributed by atoms with E-state index in [1.165, 1.54) is 24.5 Å². The third-order valence-corrected chi connectivity index (χ3v) is 3.60. The molecule has 0 unspecified atom stereocenters. The molecule has 0 atom stereocenters. The van der Waals surface area contributed by atoms with Crippen molar-refractivity contribution < 1.29 is 27.6 Å². The molecule has 2 N–H and O–H groups in total. The average molecular weight is 481 g/mol. The van der Waals surface area contributed by atoms with Gasteiger partial charge in [-0.2, -0.15) is 0 Å². The van der Waals surface area contributed by atoms with Crippen LogP contribution in [0.3, 0.4) is 0 Å². The average Bonchev–Trinajstić information content (AvgIpc) is 2.74. The van der Waals surface area contributed by atoms with Crippen LogP contribution in [-0.2, 0) is 0 Å². The maximum absolute atomic E-state index is 12.8. The van der Waals surface area contributed by atoms with E-state index in [-0.39, 0.29) is 12.9 Å². The highest BCUT2D eigenvalue weighted by Crippen LogP contribution is 2.16. The van der Waals surface area contributed by atoms with Crippen LogP contribution in [-0.4, -0.2) is 37.1 Å². The van der Waals surface area contributed by atoms with Crippen LogP contribution >= 0.6 is 11.6 Å². The van der Waals surface area contributed by atoms with Crippen LogP contribution in [0, 0.1) is 23.3 Å². The molecule has 0 saturated heterocycles. The molecule has 0 radical (unpaired) electrons. The third-order valence-electron chi connectivity index (χ3n) is 3.40. The van der Waals surface area contributed by atoms with Crippen molar-refractivity contribution >= 4 is 24.2 Å². The maximum Gasteiger partial charge on any atom is 0.488 e. The molecule has 0 bridgehead atoms. The molecule has 0 aliphatic rings. The number of hydrogen-bond acceptors (Lipinski definition) is 6. The molecule has 4 aromatic rings. The first-order valence-corrected chi connectivity index (χ1v) is 9.10. The molecule has 0 amide bonds. The minimum atomic E-state index is -1.83. The molecule has 2 heterocycles. The summed E-state index contributed by atoms with van der Waals surface area (Å²) in [6.45, 7) is 0. The molecule has 2 aromatic carbocycles. The molecule has 0 aliphatic carbocycles. The monoisotopic (exact) mass is 480 g/mol. The van der Waals surface area contributed by atoms with Gasteiger partial charge in [0.2, 0.25) is 5.28 Å². The van der Waals surface area contributed by atoms with Gasteiger partial charge in [-0.25, -0.2) is 37.5 Å². The second-order valence-corrected chi connectivity index (χ2v) is 6.16. The van der Waals surface area contributed by atoms with E-state index in [1.807, 2.05) is 0 Å². The fourth-order valence-corrected chi connectivity index (χ4v) is 2.25. The van der Waals surface area contributed by atoms with E-state index < -0.39 is 30.4 Å². The second kappa shape index (κ2) is 13.9. The van der Waals surface area contributed by atoms with Crippen LogP contribution in [0.15, 0.2) is 73.3 Å². The lowest BCUT2D eigenvalue weighted by atomic mass is 9.80. The van der Waals surface area contributed by atoms with Crippen LogP contribution in [0.2, 0.25) is 5.28 Å². The Kier molecular flexibility index (Phi) is 11.6. The van der Waals surface area contributed by atoms with Crippen molar-refractivity contribution in [3.63, 3.8) is 0 Å². The molecule has 0 saturated carbocycles. The fraction of sp³-hybridized carbons (Fsp3) is 0.0476. The molecule has 33 heavy (non-hydrogen) atoms. The predicted octanol–water partition coefficient (Wildman–Crippen LogP) is 3.83. The zero-order chi connectivity index (χ0) is 23.5. The molecule has 0 aliphatic heterocycles. The van der Waals surface area contributed by atoms with E-state index in [0.717, 1.165) is 18.2 Å². The zero-order valence-corrected chi connectivity index (χ0v) is 16.8. The second-order valence-electron chi connectivity index (χ2n) is 5.82. The van der Waals surface area contributed by atoms with Gasteiger partial charge in [0.15, 0.2) is 5.82 Å². The van der Waals surface area contributed by atoms with E-state index in [2.05, 4.69) is 19.9 Å². The van der Waals surface area contributed by atoms with Gasteiger partial charge in [-0.3, -0.25) is 0 Å². The van der Waals surface area contributed by atoms with Crippen LogP contribution in [0.5, 0.6) is 0 Å². The van der Waals surface area contributed by atoms with E-state index in [9.17, 15) is 17.6 Å². The summed E-state index contributed by atoms with van der Waals surface area (Å²) in [7, 11) is -1.83. The first-order valence-electron chi connectivity index (χ1n) is 8.72. The van der Waals surface area contributed by atoms with Gasteiger partial charge in [0.05, 0.1) is 0 Å². The van der Waals surface area contributed by atoms with Crippen molar-refractivity contribution in [1.29, 1.82) is 0 Å². The summed E-state index contributed by atoms with van der Waals surface area (Å²) in [6.07, 6.45) is 6.22. The predicted molar refractivity (Wildman–Crippen MR) is 117 cm³/mol. The Hall–Kier alpha value is -3.41. The Labute approximate surface area is 192 Å². The standard InChI is InChI=1S/C10H6F2N2.C6H5BF2O2.C4H3ClN2.CH4/c11-8-4-7(5-9(12)6-8)10-13-2-1-3-14-10;8-5-1-4(7(10)11)2-6(9)3-5;5-4-6-2-1-3-7-4;/h1-6H;1-3,10-11H;1-3H;1H4. The van der Waals surface area contributed by atoms with Gasteiger partial charge in [-0.1, -0.05) is 7.43 Å². The number of aromatic nitrogens is 4. The van der Waals surface area contributed by atoms with Gasteiger partial charge < -0.3 is 10.0 Å². The van der Waals surface area contributed by atoms with E-state index in [1.54, 1.807) is 24.5 Å². The summed E-state index contributed by atoms with van der Waals surface area (Å²) in [5, 5.41) is 17.3. The van der Waals surface area contributed by atoms with Gasteiger partial charge in [-0.05, 0) is 53.5 Å². The summed E-state index contributed by atoms with van der Waals surface area (Å²) in [4.78, 5) is 15.0. The van der Waals surface area contributed by atoms with Gasteiger partial charge in [-0.15, -0.1) is 0 Å². The van der Waals surface area contributed by atoms with Crippen molar-refractivity contribution in [2.45, 2.75) is 7.43 Å². The summed E-state index contributed by atoms with van der Waals surface area (Å²) in [5.74, 6) is -2.60. The lowest BCUT2D eigenvalue weighted by Crippen LogP contribution is -2.30. The molecule has 0 spiro atoms. The van der Waals surface area contributed by atoms with Crippen molar-refractivity contribution in [2.24, 2.45) is 0 Å². The van der Waals surface area contributed by atoms with E-state index >= 15 is 0 Å². The van der Waals surface area contributed by atoms with Crippen molar-refractivity contribution in [1.82, 2.24) is 19.9 Å². The van der Waals surface area contributed by atoms with Crippen molar-refractivity contribution in [3.05, 3.63) is 102 Å². The van der Waals surface area contributed by atoms with Gasteiger partial charge in [0.1, 0.15) is 23.3 Å². The highest BCUT2D eigenvalue weighted by atomic mass is 35.5. The lowest BCUT2D eigenvalue weighted by molar-refractivity contribution is 0.425. The maximum atomic E-state index is 12.8. The Morgan fingerprint density at radius 3 is 1.39 bits per heavy atom. The Morgan fingerprint density at radius 1 is 0.636 bits per heavy atom. The summed E-state index contributed by atoms with van der Waals surface area (Å²) < 4.78 is 50.3. The van der Waals surface area contributed by atoms with E-state index in [0.29, 0.717) is 22.7 Å². The summed E-state index contributed by atoms with van der Waals surface area (Å²) in [6, 6.07) is 8.92.